The Bertz CT molecular complexity index is 1360. The molecule has 0 aliphatic carbocycles. The van der Waals surface area contributed by atoms with E-state index in [2.05, 4.69) is 45.9 Å². The van der Waals surface area contributed by atoms with E-state index in [1.165, 1.54) is 25.9 Å². The van der Waals surface area contributed by atoms with Gasteiger partial charge in [-0.2, -0.15) is 0 Å². The highest BCUT2D eigenvalue weighted by Crippen LogP contribution is 2.31. The van der Waals surface area contributed by atoms with Gasteiger partial charge < -0.3 is 20.3 Å². The predicted octanol–water partition coefficient (Wildman–Crippen LogP) is 5.88. The molecule has 1 atom stereocenters. The minimum atomic E-state index is -3.67. The largest absolute Gasteiger partial charge is 0.492 e. The molecule has 2 aromatic rings. The van der Waals surface area contributed by atoms with Crippen molar-refractivity contribution in [3.05, 3.63) is 59.9 Å². The van der Waals surface area contributed by atoms with Crippen LogP contribution in [0, 0.1) is 0 Å². The highest BCUT2D eigenvalue weighted by atomic mass is 35.5. The summed E-state index contributed by atoms with van der Waals surface area (Å²) in [5.41, 5.74) is 1.65. The molecule has 2 heterocycles. The topological polar surface area (TPSA) is 98.3 Å². The van der Waals surface area contributed by atoms with E-state index in [4.69, 9.17) is 9.73 Å². The lowest BCUT2D eigenvalue weighted by atomic mass is 10.0. The van der Waals surface area contributed by atoms with E-state index < -0.39 is 15.6 Å². The van der Waals surface area contributed by atoms with Gasteiger partial charge in [-0.25, -0.2) is 18.1 Å². The molecule has 1 saturated heterocycles. The zero-order valence-corrected chi connectivity index (χ0v) is 27.5. The number of allylic oxidation sites excluding steroid dienone is 1. The summed E-state index contributed by atoms with van der Waals surface area (Å²) < 4.78 is 34.6. The van der Waals surface area contributed by atoms with Crippen molar-refractivity contribution < 1.29 is 13.2 Å². The molecule has 2 aliphatic rings. The normalized spacial score (nSPS) is 18.2. The highest BCUT2D eigenvalue weighted by molar-refractivity contribution is 7.89. The first-order chi connectivity index (χ1) is 19.2. The van der Waals surface area contributed by atoms with E-state index in [0.29, 0.717) is 12.3 Å². The molecule has 0 aromatic heterocycles. The third kappa shape index (κ3) is 9.10. The van der Waals surface area contributed by atoms with Crippen LogP contribution in [0.25, 0.3) is 0 Å². The number of aliphatic imine (C=N–C) groups is 1. The maximum Gasteiger partial charge on any atom is 0.241 e. The first-order valence-corrected chi connectivity index (χ1v) is 15.9. The Kier molecular flexibility index (Phi) is 11.0. The minimum absolute atomic E-state index is 0. The number of nitrogens with zero attached hydrogens (tertiary/aromatic N) is 3. The minimum Gasteiger partial charge on any atom is -0.492 e. The molecule has 232 valence electrons. The molecule has 3 N–H and O–H groups in total. The second-order valence-corrected chi connectivity index (χ2v) is 14.5. The van der Waals surface area contributed by atoms with Crippen molar-refractivity contribution in [1.82, 2.24) is 14.5 Å². The fourth-order valence-electron chi connectivity index (χ4n) is 5.02. The summed E-state index contributed by atoms with van der Waals surface area (Å²) in [6.07, 6.45) is 4.03. The molecule has 1 fully saturated rings. The van der Waals surface area contributed by atoms with Crippen LogP contribution in [0.3, 0.4) is 0 Å². The number of sulfonamides is 1. The molecule has 42 heavy (non-hydrogen) atoms. The Balaban J connectivity index is 0.00000484. The zero-order valence-electron chi connectivity index (χ0n) is 25.9. The zero-order chi connectivity index (χ0) is 29.8. The molecule has 2 aliphatic heterocycles. The van der Waals surface area contributed by atoms with Gasteiger partial charge in [-0.15, -0.1) is 12.4 Å². The van der Waals surface area contributed by atoms with Crippen molar-refractivity contribution in [3.63, 3.8) is 0 Å². The smallest absolute Gasteiger partial charge is 0.241 e. The number of benzene rings is 2. The van der Waals surface area contributed by atoms with Crippen LogP contribution in [0.1, 0.15) is 61.3 Å². The van der Waals surface area contributed by atoms with E-state index in [-0.39, 0.29) is 29.1 Å². The van der Waals surface area contributed by atoms with Gasteiger partial charge in [0.15, 0.2) is 6.29 Å². The summed E-state index contributed by atoms with van der Waals surface area (Å²) in [6.45, 7) is 17.8. The van der Waals surface area contributed by atoms with Gasteiger partial charge in [0.05, 0.1) is 4.90 Å². The molecular weight excluding hydrogens is 572 g/mol. The van der Waals surface area contributed by atoms with Crippen molar-refractivity contribution in [2.75, 3.05) is 36.9 Å². The number of ether oxygens (including phenoxy) is 1. The number of halogens is 1. The second kappa shape index (κ2) is 13.7. The van der Waals surface area contributed by atoms with Gasteiger partial charge in [-0.3, -0.25) is 4.90 Å². The average Bonchev–Trinajstić information content (AvgIpc) is 3.39. The Morgan fingerprint density at radius 2 is 1.64 bits per heavy atom. The summed E-state index contributed by atoms with van der Waals surface area (Å²) in [7, 11) is -3.67. The van der Waals surface area contributed by atoms with Crippen molar-refractivity contribution >= 4 is 40.0 Å². The van der Waals surface area contributed by atoms with Gasteiger partial charge in [-0.05, 0) is 117 Å². The molecule has 0 bridgehead atoms. The van der Waals surface area contributed by atoms with Gasteiger partial charge in [-0.1, -0.05) is 6.07 Å². The standard InChI is InChI=1S/C31H46N6O3S.ClH/c1-23-22-32-29(34-24-13-15-26(16-14-24)40-20-19-36-17-8-9-18-36)37(31(5,6)7)28(23)33-25-11-10-12-27(21-25)41(38,39)35-30(2,3)4;/h10-16,21-22,29,33-35H,8-9,17-20H2,1-7H3;1H. The molecule has 1 unspecified atom stereocenters. The third-order valence-electron chi connectivity index (χ3n) is 6.86. The monoisotopic (exact) mass is 618 g/mol. The molecule has 4 rings (SSSR count). The van der Waals surface area contributed by atoms with Gasteiger partial charge >= 0.3 is 0 Å². The van der Waals surface area contributed by atoms with E-state index >= 15 is 0 Å². The third-order valence-corrected chi connectivity index (χ3v) is 8.62. The lowest BCUT2D eigenvalue weighted by Gasteiger charge is -2.45. The number of anilines is 2. The number of likely N-dealkylation sites (tertiary alicyclic amines) is 1. The van der Waals surface area contributed by atoms with Crippen molar-refractivity contribution in [3.8, 4) is 5.75 Å². The number of hydrogen-bond acceptors (Lipinski definition) is 8. The molecule has 0 radical (unpaired) electrons. The molecule has 0 amide bonds. The summed E-state index contributed by atoms with van der Waals surface area (Å²) in [5.74, 6) is 1.70. The lowest BCUT2D eigenvalue weighted by Crippen LogP contribution is -2.53. The quantitative estimate of drug-likeness (QED) is 0.306. The Morgan fingerprint density at radius 3 is 2.26 bits per heavy atom. The summed E-state index contributed by atoms with van der Waals surface area (Å²) in [5, 5.41) is 7.04. The molecule has 0 spiro atoms. The second-order valence-electron chi connectivity index (χ2n) is 12.8. The maximum absolute atomic E-state index is 13.0. The maximum atomic E-state index is 13.0. The van der Waals surface area contributed by atoms with Crippen LogP contribution in [0.4, 0.5) is 11.4 Å². The van der Waals surface area contributed by atoms with Crippen LogP contribution in [0.2, 0.25) is 0 Å². The molecule has 0 saturated carbocycles. The molecule has 11 heteroatoms. The first kappa shape index (κ1) is 33.7. The summed E-state index contributed by atoms with van der Waals surface area (Å²) in [4.78, 5) is 9.64. The fraction of sp³-hybridized carbons (Fsp3) is 0.516. The van der Waals surface area contributed by atoms with Gasteiger partial charge in [0, 0.05) is 40.8 Å². The highest BCUT2D eigenvalue weighted by Gasteiger charge is 2.34. The average molecular weight is 619 g/mol. The van der Waals surface area contributed by atoms with Crippen LogP contribution in [-0.2, 0) is 10.0 Å². The lowest BCUT2D eigenvalue weighted by molar-refractivity contribution is 0.143. The summed E-state index contributed by atoms with van der Waals surface area (Å²) in [6, 6.07) is 14.9. The number of nitrogens with one attached hydrogen (secondary N) is 3. The molecule has 9 nitrogen and oxygen atoms in total. The van der Waals surface area contributed by atoms with E-state index in [0.717, 1.165) is 29.4 Å². The Labute approximate surface area is 258 Å². The predicted molar refractivity (Wildman–Crippen MR) is 175 cm³/mol. The molecule has 2 aromatic carbocycles. The Morgan fingerprint density at radius 1 is 0.976 bits per heavy atom. The van der Waals surface area contributed by atoms with Crippen LogP contribution < -0.4 is 20.1 Å². The van der Waals surface area contributed by atoms with Crippen LogP contribution in [-0.4, -0.2) is 68.0 Å². The first-order valence-electron chi connectivity index (χ1n) is 14.4. The molecular formula is C31H47ClN6O3S. The van der Waals surface area contributed by atoms with Crippen LogP contribution in [0.15, 0.2) is 69.8 Å². The number of hydrogen-bond donors (Lipinski definition) is 3. The SMILES string of the molecule is CC1=C(Nc2cccc(S(=O)(=O)NC(C)(C)C)c2)N(C(C)(C)C)C(Nc2ccc(OCCN3CCCC3)cc2)N=C1.Cl. The Hall–Kier alpha value is -2.79. The van der Waals surface area contributed by atoms with E-state index in [1.807, 2.05) is 64.2 Å². The van der Waals surface area contributed by atoms with Crippen molar-refractivity contribution in [2.24, 2.45) is 4.99 Å². The summed E-state index contributed by atoms with van der Waals surface area (Å²) >= 11 is 0. The van der Waals surface area contributed by atoms with Crippen LogP contribution >= 0.6 is 12.4 Å². The van der Waals surface area contributed by atoms with Gasteiger partial charge in [0.25, 0.3) is 0 Å². The van der Waals surface area contributed by atoms with Gasteiger partial charge in [0.2, 0.25) is 10.0 Å². The van der Waals surface area contributed by atoms with Gasteiger partial charge in [0.1, 0.15) is 18.2 Å². The number of rotatable bonds is 10. The van der Waals surface area contributed by atoms with E-state index in [9.17, 15) is 8.42 Å². The van der Waals surface area contributed by atoms with Crippen LogP contribution in [0.5, 0.6) is 5.75 Å². The van der Waals surface area contributed by atoms with Crippen molar-refractivity contribution in [2.45, 2.75) is 83.6 Å². The fourth-order valence-corrected chi connectivity index (χ4v) is 6.48. The van der Waals surface area contributed by atoms with E-state index in [1.54, 1.807) is 18.2 Å². The van der Waals surface area contributed by atoms with Crippen molar-refractivity contribution in [1.29, 1.82) is 0 Å².